The minimum atomic E-state index is -1.07. The molecule has 1 amide bonds. The molecular formula is C15H12BrNO4. The number of nitrogens with one attached hydrogen (secondary N) is 1. The van der Waals surface area contributed by atoms with Crippen LogP contribution in [0.3, 0.4) is 0 Å². The molecule has 0 heterocycles. The Kier molecular flexibility index (Phi) is 4.94. The van der Waals surface area contributed by atoms with Crippen molar-refractivity contribution in [3.63, 3.8) is 0 Å². The van der Waals surface area contributed by atoms with Crippen LogP contribution in [0.25, 0.3) is 0 Å². The molecule has 0 bridgehead atoms. The van der Waals surface area contributed by atoms with Crippen molar-refractivity contribution in [2.24, 2.45) is 0 Å². The first-order valence-electron chi connectivity index (χ1n) is 6.07. The molecule has 0 spiro atoms. The Hall–Kier alpha value is -2.34. The fraction of sp³-hybridized carbons (Fsp3) is 0.0667. The second-order valence-electron chi connectivity index (χ2n) is 4.19. The molecule has 0 aromatic heterocycles. The average Bonchev–Trinajstić information content (AvgIpc) is 2.48. The molecule has 0 saturated heterocycles. The Morgan fingerprint density at radius 1 is 1.14 bits per heavy atom. The molecule has 108 valence electrons. The molecule has 0 aliphatic heterocycles. The molecule has 0 saturated carbocycles. The van der Waals surface area contributed by atoms with E-state index in [0.717, 1.165) is 5.56 Å². The Balaban J connectivity index is 1.99. The second-order valence-corrected chi connectivity index (χ2v) is 5.04. The highest BCUT2D eigenvalue weighted by molar-refractivity contribution is 9.10. The maximum Gasteiger partial charge on any atom is 0.411 e. The summed E-state index contributed by atoms with van der Waals surface area (Å²) in [5.41, 5.74) is 1.29. The number of amides is 1. The lowest BCUT2D eigenvalue weighted by molar-refractivity contribution is 0.0696. The highest BCUT2D eigenvalue weighted by atomic mass is 79.9. The van der Waals surface area contributed by atoms with E-state index in [1.54, 1.807) is 6.07 Å². The number of hydrogen-bond donors (Lipinski definition) is 2. The van der Waals surface area contributed by atoms with Crippen LogP contribution in [0, 0.1) is 0 Å². The van der Waals surface area contributed by atoms with Gasteiger partial charge in [0.2, 0.25) is 0 Å². The zero-order valence-corrected chi connectivity index (χ0v) is 12.5. The van der Waals surface area contributed by atoms with Gasteiger partial charge < -0.3 is 9.84 Å². The van der Waals surface area contributed by atoms with E-state index in [4.69, 9.17) is 9.84 Å². The smallest absolute Gasteiger partial charge is 0.411 e. The largest absolute Gasteiger partial charge is 0.478 e. The molecule has 0 fully saturated rings. The first-order valence-corrected chi connectivity index (χ1v) is 6.86. The minimum absolute atomic E-state index is 0.0801. The van der Waals surface area contributed by atoms with Crippen molar-refractivity contribution >= 4 is 33.7 Å². The van der Waals surface area contributed by atoms with E-state index in [9.17, 15) is 9.59 Å². The van der Waals surface area contributed by atoms with Gasteiger partial charge in [-0.2, -0.15) is 0 Å². The number of hydrogen-bond acceptors (Lipinski definition) is 3. The van der Waals surface area contributed by atoms with E-state index in [0.29, 0.717) is 10.2 Å². The number of carboxylic acid groups (broad SMARTS) is 1. The number of aromatic carboxylic acids is 1. The van der Waals surface area contributed by atoms with Crippen molar-refractivity contribution in [3.05, 3.63) is 64.1 Å². The van der Waals surface area contributed by atoms with E-state index >= 15 is 0 Å². The number of anilines is 1. The minimum Gasteiger partial charge on any atom is -0.478 e. The van der Waals surface area contributed by atoms with Gasteiger partial charge >= 0.3 is 12.1 Å². The van der Waals surface area contributed by atoms with Crippen LogP contribution >= 0.6 is 15.9 Å². The molecular weight excluding hydrogens is 338 g/mol. The number of benzene rings is 2. The number of halogens is 1. The van der Waals surface area contributed by atoms with Crippen LogP contribution in [0.5, 0.6) is 0 Å². The summed E-state index contributed by atoms with van der Waals surface area (Å²) in [5.74, 6) is -1.07. The first kappa shape index (κ1) is 15.1. The number of carboxylic acids is 1. The predicted molar refractivity (Wildman–Crippen MR) is 81.4 cm³/mol. The fourth-order valence-corrected chi connectivity index (χ4v) is 1.97. The van der Waals surface area contributed by atoms with Crippen LogP contribution in [-0.4, -0.2) is 17.2 Å². The number of carbonyl (C=O) groups excluding carboxylic acids is 1. The van der Waals surface area contributed by atoms with Crippen molar-refractivity contribution < 1.29 is 19.4 Å². The molecule has 0 radical (unpaired) electrons. The zero-order valence-electron chi connectivity index (χ0n) is 10.9. The van der Waals surface area contributed by atoms with E-state index in [-0.39, 0.29) is 12.2 Å². The first-order chi connectivity index (χ1) is 10.1. The lowest BCUT2D eigenvalue weighted by atomic mass is 10.2. The van der Waals surface area contributed by atoms with Crippen LogP contribution in [-0.2, 0) is 11.3 Å². The zero-order chi connectivity index (χ0) is 15.2. The van der Waals surface area contributed by atoms with Crippen molar-refractivity contribution in [2.45, 2.75) is 6.61 Å². The van der Waals surface area contributed by atoms with Gasteiger partial charge in [-0.3, -0.25) is 5.32 Å². The summed E-state index contributed by atoms with van der Waals surface area (Å²) in [6, 6.07) is 13.6. The fourth-order valence-electron chi connectivity index (χ4n) is 1.62. The van der Waals surface area contributed by atoms with Gasteiger partial charge in [0, 0.05) is 4.47 Å². The molecule has 0 atom stereocenters. The van der Waals surface area contributed by atoms with Gasteiger partial charge in [-0.05, 0) is 39.7 Å². The van der Waals surface area contributed by atoms with Crippen molar-refractivity contribution in [1.82, 2.24) is 0 Å². The third kappa shape index (κ3) is 4.32. The Morgan fingerprint density at radius 2 is 1.86 bits per heavy atom. The lowest BCUT2D eigenvalue weighted by Crippen LogP contribution is -2.14. The summed E-state index contributed by atoms with van der Waals surface area (Å²) < 4.78 is 5.64. The van der Waals surface area contributed by atoms with Gasteiger partial charge in [-0.15, -0.1) is 0 Å². The van der Waals surface area contributed by atoms with Gasteiger partial charge in [0.25, 0.3) is 0 Å². The Morgan fingerprint density at radius 3 is 2.52 bits per heavy atom. The average molecular weight is 350 g/mol. The van der Waals surface area contributed by atoms with E-state index < -0.39 is 12.1 Å². The quantitative estimate of drug-likeness (QED) is 0.877. The standard InChI is InChI=1S/C15H12BrNO4/c16-12-7-6-11(14(18)19)8-13(12)17-15(20)21-9-10-4-2-1-3-5-10/h1-8H,9H2,(H,17,20)(H,18,19). The molecule has 2 aromatic rings. The van der Waals surface area contributed by atoms with Crippen LogP contribution in [0.4, 0.5) is 10.5 Å². The summed E-state index contributed by atoms with van der Waals surface area (Å²) in [5, 5.41) is 11.4. The SMILES string of the molecule is O=C(Nc1cc(C(=O)O)ccc1Br)OCc1ccccc1. The summed E-state index contributed by atoms with van der Waals surface area (Å²) in [7, 11) is 0. The lowest BCUT2D eigenvalue weighted by Gasteiger charge is -2.09. The summed E-state index contributed by atoms with van der Waals surface area (Å²) in [6.07, 6.45) is -0.651. The van der Waals surface area contributed by atoms with Crippen LogP contribution in [0.2, 0.25) is 0 Å². The maximum absolute atomic E-state index is 11.7. The van der Waals surface area contributed by atoms with E-state index in [1.807, 2.05) is 30.3 Å². The van der Waals surface area contributed by atoms with Crippen LogP contribution in [0.1, 0.15) is 15.9 Å². The van der Waals surface area contributed by atoms with Crippen molar-refractivity contribution in [2.75, 3.05) is 5.32 Å². The summed E-state index contributed by atoms with van der Waals surface area (Å²) in [6.45, 7) is 0.142. The highest BCUT2D eigenvalue weighted by Crippen LogP contribution is 2.24. The molecule has 0 aliphatic carbocycles. The molecule has 0 aliphatic rings. The van der Waals surface area contributed by atoms with Crippen LogP contribution < -0.4 is 5.32 Å². The Labute approximate surface area is 129 Å². The molecule has 2 rings (SSSR count). The number of rotatable bonds is 4. The van der Waals surface area contributed by atoms with Gasteiger partial charge in [0.05, 0.1) is 11.3 Å². The Bertz CT molecular complexity index is 658. The van der Waals surface area contributed by atoms with Gasteiger partial charge in [0.15, 0.2) is 0 Å². The van der Waals surface area contributed by atoms with Gasteiger partial charge in [0.1, 0.15) is 6.61 Å². The van der Waals surface area contributed by atoms with E-state index in [1.165, 1.54) is 12.1 Å². The van der Waals surface area contributed by atoms with Crippen LogP contribution in [0.15, 0.2) is 53.0 Å². The third-order valence-electron chi connectivity index (χ3n) is 2.66. The number of carbonyl (C=O) groups is 2. The van der Waals surface area contributed by atoms with Crippen molar-refractivity contribution in [3.8, 4) is 0 Å². The summed E-state index contributed by atoms with van der Waals surface area (Å²) in [4.78, 5) is 22.6. The normalized spacial score (nSPS) is 9.95. The molecule has 21 heavy (non-hydrogen) atoms. The molecule has 0 unspecified atom stereocenters. The van der Waals surface area contributed by atoms with Crippen molar-refractivity contribution in [1.29, 1.82) is 0 Å². The summed E-state index contributed by atoms with van der Waals surface area (Å²) >= 11 is 3.24. The topological polar surface area (TPSA) is 75.6 Å². The van der Waals surface area contributed by atoms with Gasteiger partial charge in [-0.25, -0.2) is 9.59 Å². The molecule has 6 heteroatoms. The molecule has 5 nitrogen and oxygen atoms in total. The van der Waals surface area contributed by atoms with Gasteiger partial charge in [-0.1, -0.05) is 30.3 Å². The third-order valence-corrected chi connectivity index (χ3v) is 3.35. The predicted octanol–water partition coefficient (Wildman–Crippen LogP) is 3.90. The second kappa shape index (κ2) is 6.90. The highest BCUT2D eigenvalue weighted by Gasteiger charge is 2.10. The monoisotopic (exact) mass is 349 g/mol. The maximum atomic E-state index is 11.7. The number of ether oxygens (including phenoxy) is 1. The molecule has 2 N–H and O–H groups in total. The molecule has 2 aromatic carbocycles. The van der Waals surface area contributed by atoms with E-state index in [2.05, 4.69) is 21.2 Å².